The van der Waals surface area contributed by atoms with E-state index in [0.717, 1.165) is 22.0 Å². The molecule has 0 bridgehead atoms. The number of benzene rings is 2. The largest absolute Gasteiger partial charge is 0.486 e. The number of aromatic nitrogens is 1. The molecular formula is C21H21FN2O2S. The predicted molar refractivity (Wildman–Crippen MR) is 105 cm³/mol. The first kappa shape index (κ1) is 19.0. The summed E-state index contributed by atoms with van der Waals surface area (Å²) in [4.78, 5) is 18.4. The van der Waals surface area contributed by atoms with Gasteiger partial charge in [0.2, 0.25) is 0 Å². The van der Waals surface area contributed by atoms with E-state index in [2.05, 4.69) is 4.98 Å². The maximum Gasteiger partial charge on any atom is 0.256 e. The van der Waals surface area contributed by atoms with Crippen molar-refractivity contribution in [1.82, 2.24) is 9.88 Å². The summed E-state index contributed by atoms with van der Waals surface area (Å²) in [5.41, 5.74) is 3.12. The summed E-state index contributed by atoms with van der Waals surface area (Å²) in [7, 11) is 1.64. The van der Waals surface area contributed by atoms with Gasteiger partial charge in [0.1, 0.15) is 23.2 Å². The van der Waals surface area contributed by atoms with E-state index in [0.29, 0.717) is 13.2 Å². The first-order valence-electron chi connectivity index (χ1n) is 8.58. The molecule has 140 valence electrons. The molecule has 6 heteroatoms. The maximum atomic E-state index is 13.8. The van der Waals surface area contributed by atoms with Crippen LogP contribution in [-0.2, 0) is 13.2 Å². The molecule has 0 N–H and O–H groups in total. The molecule has 0 atom stereocenters. The normalized spacial score (nSPS) is 10.7. The number of rotatable bonds is 6. The molecule has 0 aliphatic carbocycles. The summed E-state index contributed by atoms with van der Waals surface area (Å²) in [6.07, 6.45) is 0. The van der Waals surface area contributed by atoms with Gasteiger partial charge in [0.25, 0.3) is 5.91 Å². The molecular weight excluding hydrogens is 363 g/mol. The molecule has 27 heavy (non-hydrogen) atoms. The van der Waals surface area contributed by atoms with Crippen LogP contribution in [0.3, 0.4) is 0 Å². The number of halogens is 1. The van der Waals surface area contributed by atoms with Gasteiger partial charge in [0.05, 0.1) is 17.8 Å². The number of thiazole rings is 1. The van der Waals surface area contributed by atoms with Gasteiger partial charge in [-0.25, -0.2) is 9.37 Å². The lowest BCUT2D eigenvalue weighted by Crippen LogP contribution is -2.27. The summed E-state index contributed by atoms with van der Waals surface area (Å²) in [5.74, 6) is -0.0388. The fourth-order valence-corrected chi connectivity index (χ4v) is 3.36. The van der Waals surface area contributed by atoms with Crippen molar-refractivity contribution in [3.63, 3.8) is 0 Å². The lowest BCUT2D eigenvalue weighted by Gasteiger charge is -2.16. The van der Waals surface area contributed by atoms with Gasteiger partial charge in [0.15, 0.2) is 0 Å². The van der Waals surface area contributed by atoms with E-state index in [1.807, 2.05) is 37.4 Å². The summed E-state index contributed by atoms with van der Waals surface area (Å²) >= 11 is 1.48. The Morgan fingerprint density at radius 1 is 1.19 bits per heavy atom. The van der Waals surface area contributed by atoms with Crippen molar-refractivity contribution in [2.75, 3.05) is 7.05 Å². The highest BCUT2D eigenvalue weighted by molar-refractivity contribution is 7.09. The van der Waals surface area contributed by atoms with Crippen LogP contribution < -0.4 is 4.74 Å². The van der Waals surface area contributed by atoms with Crippen LogP contribution in [0.4, 0.5) is 4.39 Å². The topological polar surface area (TPSA) is 42.4 Å². The SMILES string of the molecule is Cc1cccc(OCc2nc(CN(C)C(=O)c3ccccc3F)cs2)c1C. The summed E-state index contributed by atoms with van der Waals surface area (Å²) in [5, 5.41) is 2.73. The molecule has 0 spiro atoms. The predicted octanol–water partition coefficient (Wildman–Crippen LogP) is 4.75. The third kappa shape index (κ3) is 4.52. The fraction of sp³-hybridized carbons (Fsp3) is 0.238. The Kier molecular flexibility index (Phi) is 5.86. The van der Waals surface area contributed by atoms with Crippen LogP contribution in [0.1, 0.15) is 32.2 Å². The molecule has 1 heterocycles. The van der Waals surface area contributed by atoms with Crippen molar-refractivity contribution in [2.24, 2.45) is 0 Å². The minimum absolute atomic E-state index is 0.0636. The first-order chi connectivity index (χ1) is 13.0. The van der Waals surface area contributed by atoms with Crippen LogP contribution in [0.25, 0.3) is 0 Å². The molecule has 3 aromatic rings. The van der Waals surface area contributed by atoms with Crippen LogP contribution in [0.5, 0.6) is 5.75 Å². The van der Waals surface area contributed by atoms with E-state index in [1.54, 1.807) is 19.2 Å². The maximum absolute atomic E-state index is 13.8. The van der Waals surface area contributed by atoms with Crippen molar-refractivity contribution in [2.45, 2.75) is 27.0 Å². The second-order valence-electron chi connectivity index (χ2n) is 6.36. The van der Waals surface area contributed by atoms with E-state index in [1.165, 1.54) is 33.9 Å². The zero-order valence-electron chi connectivity index (χ0n) is 15.5. The molecule has 1 aromatic heterocycles. The van der Waals surface area contributed by atoms with E-state index in [-0.39, 0.29) is 11.5 Å². The third-order valence-corrected chi connectivity index (χ3v) is 5.23. The fourth-order valence-electron chi connectivity index (χ4n) is 2.66. The lowest BCUT2D eigenvalue weighted by molar-refractivity contribution is 0.0779. The quantitative estimate of drug-likeness (QED) is 0.616. The molecule has 1 amide bonds. The third-order valence-electron chi connectivity index (χ3n) is 4.36. The van der Waals surface area contributed by atoms with Crippen LogP contribution in [0.2, 0.25) is 0 Å². The number of hydrogen-bond donors (Lipinski definition) is 0. The summed E-state index contributed by atoms with van der Waals surface area (Å²) in [6.45, 7) is 4.76. The van der Waals surface area contributed by atoms with E-state index >= 15 is 0 Å². The molecule has 2 aromatic carbocycles. The number of amides is 1. The zero-order chi connectivity index (χ0) is 19.4. The number of hydrogen-bond acceptors (Lipinski definition) is 4. The van der Waals surface area contributed by atoms with Crippen LogP contribution in [-0.4, -0.2) is 22.8 Å². The molecule has 0 aliphatic rings. The standard InChI is InChI=1S/C21H21FN2O2S/c1-14-7-6-10-19(15(14)2)26-12-20-23-16(13-27-20)11-24(3)21(25)17-8-4-5-9-18(17)22/h4-10,13H,11-12H2,1-3H3. The smallest absolute Gasteiger partial charge is 0.256 e. The molecule has 0 fully saturated rings. The van der Waals surface area contributed by atoms with Gasteiger partial charge in [-0.3, -0.25) is 4.79 Å². The number of aryl methyl sites for hydroxylation is 1. The van der Waals surface area contributed by atoms with E-state index in [9.17, 15) is 9.18 Å². The average Bonchev–Trinajstić information content (AvgIpc) is 3.10. The van der Waals surface area contributed by atoms with E-state index in [4.69, 9.17) is 4.74 Å². The van der Waals surface area contributed by atoms with Crippen molar-refractivity contribution in [1.29, 1.82) is 0 Å². The zero-order valence-corrected chi connectivity index (χ0v) is 16.3. The Hall–Kier alpha value is -2.73. The summed E-state index contributed by atoms with van der Waals surface area (Å²) in [6, 6.07) is 11.9. The minimum atomic E-state index is -0.518. The lowest BCUT2D eigenvalue weighted by atomic mass is 10.1. The van der Waals surface area contributed by atoms with Crippen molar-refractivity contribution < 1.29 is 13.9 Å². The highest BCUT2D eigenvalue weighted by atomic mass is 32.1. The molecule has 0 aliphatic heterocycles. The average molecular weight is 384 g/mol. The van der Waals surface area contributed by atoms with Gasteiger partial charge in [-0.2, -0.15) is 0 Å². The molecule has 0 saturated heterocycles. The van der Waals surface area contributed by atoms with Gasteiger partial charge in [-0.15, -0.1) is 11.3 Å². The highest BCUT2D eigenvalue weighted by Crippen LogP contribution is 2.22. The Morgan fingerprint density at radius 3 is 2.74 bits per heavy atom. The number of carbonyl (C=O) groups is 1. The summed E-state index contributed by atoms with van der Waals surface area (Å²) < 4.78 is 19.7. The van der Waals surface area contributed by atoms with E-state index < -0.39 is 5.82 Å². The molecule has 4 nitrogen and oxygen atoms in total. The Bertz CT molecular complexity index is 955. The molecule has 3 rings (SSSR count). The first-order valence-corrected chi connectivity index (χ1v) is 9.46. The van der Waals surface area contributed by atoms with Crippen LogP contribution in [0.15, 0.2) is 47.8 Å². The minimum Gasteiger partial charge on any atom is -0.486 e. The Balaban J connectivity index is 1.61. The van der Waals surface area contributed by atoms with Crippen molar-refractivity contribution >= 4 is 17.2 Å². The second-order valence-corrected chi connectivity index (χ2v) is 7.30. The number of carbonyl (C=O) groups excluding carboxylic acids is 1. The second kappa shape index (κ2) is 8.31. The number of ether oxygens (including phenoxy) is 1. The van der Waals surface area contributed by atoms with Crippen LogP contribution >= 0.6 is 11.3 Å². The molecule has 0 unspecified atom stereocenters. The Morgan fingerprint density at radius 2 is 1.96 bits per heavy atom. The van der Waals surface area contributed by atoms with Crippen molar-refractivity contribution in [3.05, 3.63) is 81.1 Å². The Labute approximate surface area is 162 Å². The van der Waals surface area contributed by atoms with Crippen molar-refractivity contribution in [3.8, 4) is 5.75 Å². The number of nitrogens with zero attached hydrogens (tertiary/aromatic N) is 2. The molecule has 0 saturated carbocycles. The van der Waals surface area contributed by atoms with Gasteiger partial charge in [-0.05, 0) is 43.2 Å². The van der Waals surface area contributed by atoms with Gasteiger partial charge < -0.3 is 9.64 Å². The van der Waals surface area contributed by atoms with Gasteiger partial charge in [0, 0.05) is 12.4 Å². The van der Waals surface area contributed by atoms with Crippen LogP contribution in [0, 0.1) is 19.7 Å². The van der Waals surface area contributed by atoms with Gasteiger partial charge in [-0.1, -0.05) is 24.3 Å². The molecule has 0 radical (unpaired) electrons. The highest BCUT2D eigenvalue weighted by Gasteiger charge is 2.17. The van der Waals surface area contributed by atoms with Gasteiger partial charge >= 0.3 is 0 Å². The monoisotopic (exact) mass is 384 g/mol.